The summed E-state index contributed by atoms with van der Waals surface area (Å²) < 4.78 is 32.4. The molecule has 2 aliphatic heterocycles. The molecule has 2 heterocycles. The summed E-state index contributed by atoms with van der Waals surface area (Å²) in [5, 5.41) is 13.8. The Hall–Kier alpha value is -1.55. The molecular formula is C14H19N3O5S. The first kappa shape index (κ1) is 16.3. The van der Waals surface area contributed by atoms with Crippen LogP contribution in [0.4, 0.5) is 5.69 Å². The molecular weight excluding hydrogens is 322 g/mol. The van der Waals surface area contributed by atoms with Gasteiger partial charge in [-0.3, -0.25) is 10.1 Å². The van der Waals surface area contributed by atoms with Crippen LogP contribution in [0, 0.1) is 10.1 Å². The molecule has 2 fully saturated rings. The van der Waals surface area contributed by atoms with Gasteiger partial charge in [-0.25, -0.2) is 8.42 Å². The van der Waals surface area contributed by atoms with Gasteiger partial charge in [-0.2, -0.15) is 4.31 Å². The van der Waals surface area contributed by atoms with Crippen LogP contribution >= 0.6 is 0 Å². The monoisotopic (exact) mass is 341 g/mol. The summed E-state index contributed by atoms with van der Waals surface area (Å²) >= 11 is 0. The molecule has 1 aromatic rings. The molecule has 1 aromatic carbocycles. The predicted octanol–water partition coefficient (Wildman–Crippen LogP) is 0.736. The normalized spacial score (nSPS) is 21.0. The number of nitro groups is 1. The van der Waals surface area contributed by atoms with Crippen molar-refractivity contribution in [3.05, 3.63) is 34.4 Å². The first-order valence-corrected chi connectivity index (χ1v) is 9.01. The molecule has 8 nitrogen and oxygen atoms in total. The third kappa shape index (κ3) is 3.52. The van der Waals surface area contributed by atoms with E-state index in [-0.39, 0.29) is 22.8 Å². The van der Waals surface area contributed by atoms with Crippen LogP contribution in [-0.4, -0.2) is 56.0 Å². The van der Waals surface area contributed by atoms with Gasteiger partial charge in [0.1, 0.15) is 0 Å². The minimum atomic E-state index is -3.61. The van der Waals surface area contributed by atoms with Gasteiger partial charge in [0.25, 0.3) is 5.69 Å². The highest BCUT2D eigenvalue weighted by Gasteiger charge is 2.31. The van der Waals surface area contributed by atoms with E-state index < -0.39 is 14.9 Å². The van der Waals surface area contributed by atoms with Crippen molar-refractivity contribution in [2.24, 2.45) is 0 Å². The third-order valence-electron chi connectivity index (χ3n) is 4.22. The molecule has 0 bridgehead atoms. The van der Waals surface area contributed by atoms with Gasteiger partial charge < -0.3 is 10.1 Å². The van der Waals surface area contributed by atoms with Crippen LogP contribution in [0.2, 0.25) is 0 Å². The molecule has 0 radical (unpaired) electrons. The Bertz CT molecular complexity index is 664. The number of hydrogen-bond donors (Lipinski definition) is 1. The average molecular weight is 341 g/mol. The van der Waals surface area contributed by atoms with Gasteiger partial charge in [0.2, 0.25) is 10.0 Å². The number of nitro benzene ring substituents is 1. The summed E-state index contributed by atoms with van der Waals surface area (Å²) in [6.45, 7) is 2.54. The smallest absolute Gasteiger partial charge is 0.269 e. The average Bonchev–Trinajstić information content (AvgIpc) is 2.51. The Morgan fingerprint density at radius 2 is 1.74 bits per heavy atom. The Balaban J connectivity index is 1.62. The highest BCUT2D eigenvalue weighted by Crippen LogP contribution is 2.24. The molecule has 2 aliphatic rings. The topological polar surface area (TPSA) is 102 Å². The Kier molecular flexibility index (Phi) is 4.62. The summed E-state index contributed by atoms with van der Waals surface area (Å²) in [5.41, 5.74) is -0.120. The van der Waals surface area contributed by atoms with Crippen LogP contribution in [-0.2, 0) is 14.8 Å². The summed E-state index contributed by atoms with van der Waals surface area (Å²) in [6, 6.07) is 5.00. The number of sulfonamides is 1. The van der Waals surface area contributed by atoms with Crippen LogP contribution in [0.25, 0.3) is 0 Å². The fourth-order valence-corrected chi connectivity index (χ4v) is 4.20. The van der Waals surface area contributed by atoms with Crippen LogP contribution in [0.15, 0.2) is 29.2 Å². The van der Waals surface area contributed by atoms with E-state index >= 15 is 0 Å². The number of benzene rings is 1. The molecule has 0 atom stereocenters. The van der Waals surface area contributed by atoms with E-state index in [9.17, 15) is 18.5 Å². The van der Waals surface area contributed by atoms with Gasteiger partial charge in [0, 0.05) is 38.3 Å². The second kappa shape index (κ2) is 6.52. The third-order valence-corrected chi connectivity index (χ3v) is 6.13. The lowest BCUT2D eigenvalue weighted by Gasteiger charge is -2.36. The summed E-state index contributed by atoms with van der Waals surface area (Å²) in [4.78, 5) is 10.2. The van der Waals surface area contributed by atoms with Gasteiger partial charge in [-0.15, -0.1) is 0 Å². The summed E-state index contributed by atoms with van der Waals surface area (Å²) in [7, 11) is -3.61. The zero-order valence-corrected chi connectivity index (χ0v) is 13.4. The second-order valence-corrected chi connectivity index (χ2v) is 7.71. The number of non-ortho nitro benzene ring substituents is 1. The molecule has 0 aromatic heterocycles. The number of hydrogen-bond acceptors (Lipinski definition) is 6. The van der Waals surface area contributed by atoms with Gasteiger partial charge in [0.05, 0.1) is 22.0 Å². The van der Waals surface area contributed by atoms with E-state index in [2.05, 4.69) is 5.32 Å². The molecule has 0 amide bonds. The van der Waals surface area contributed by atoms with Crippen molar-refractivity contribution in [3.8, 4) is 0 Å². The lowest BCUT2D eigenvalue weighted by molar-refractivity contribution is -0.384. The molecule has 0 unspecified atom stereocenters. The van der Waals surface area contributed by atoms with Crippen molar-refractivity contribution in [2.45, 2.75) is 29.9 Å². The lowest BCUT2D eigenvalue weighted by atomic mass is 10.1. The molecule has 3 rings (SSSR count). The first-order chi connectivity index (χ1) is 11.0. The maximum absolute atomic E-state index is 12.6. The number of nitrogens with one attached hydrogen (secondary N) is 1. The summed E-state index contributed by atoms with van der Waals surface area (Å²) in [5.74, 6) is 0. The van der Waals surface area contributed by atoms with Crippen molar-refractivity contribution in [1.29, 1.82) is 0 Å². The minimum Gasteiger partial charge on any atom is -0.372 e. The lowest BCUT2D eigenvalue weighted by Crippen LogP contribution is -2.51. The molecule has 23 heavy (non-hydrogen) atoms. The number of rotatable bonds is 5. The molecule has 0 saturated carbocycles. The number of piperidine rings is 1. The Labute approximate surface area is 134 Å². The van der Waals surface area contributed by atoms with Crippen LogP contribution in [0.5, 0.6) is 0 Å². The number of ether oxygens (including phenoxy) is 1. The SMILES string of the molecule is O=[N+]([O-])c1ccc(S(=O)(=O)N2CCC(OC3CNC3)CC2)cc1. The van der Waals surface area contributed by atoms with Crippen molar-refractivity contribution in [1.82, 2.24) is 9.62 Å². The van der Waals surface area contributed by atoms with E-state index in [1.807, 2.05) is 0 Å². The highest BCUT2D eigenvalue weighted by atomic mass is 32.2. The molecule has 2 saturated heterocycles. The van der Waals surface area contributed by atoms with E-state index in [4.69, 9.17) is 4.74 Å². The van der Waals surface area contributed by atoms with E-state index in [0.29, 0.717) is 25.9 Å². The second-order valence-electron chi connectivity index (χ2n) is 5.77. The fourth-order valence-electron chi connectivity index (χ4n) is 2.73. The fraction of sp³-hybridized carbons (Fsp3) is 0.571. The molecule has 0 spiro atoms. The Morgan fingerprint density at radius 1 is 1.13 bits per heavy atom. The maximum Gasteiger partial charge on any atom is 0.269 e. The van der Waals surface area contributed by atoms with E-state index in [0.717, 1.165) is 13.1 Å². The zero-order chi connectivity index (χ0) is 16.4. The van der Waals surface area contributed by atoms with Gasteiger partial charge in [-0.05, 0) is 25.0 Å². The summed E-state index contributed by atoms with van der Waals surface area (Å²) in [6.07, 6.45) is 1.69. The molecule has 0 aliphatic carbocycles. The standard InChI is InChI=1S/C14H19N3O5S/c18-17(19)11-1-3-14(4-2-11)23(20,21)16-7-5-12(6-8-16)22-13-9-15-10-13/h1-4,12-13,15H,5-10H2. The van der Waals surface area contributed by atoms with Crippen LogP contribution < -0.4 is 5.32 Å². The molecule has 1 N–H and O–H groups in total. The maximum atomic E-state index is 12.6. The zero-order valence-electron chi connectivity index (χ0n) is 12.6. The van der Waals surface area contributed by atoms with Gasteiger partial charge >= 0.3 is 0 Å². The van der Waals surface area contributed by atoms with Crippen molar-refractivity contribution >= 4 is 15.7 Å². The van der Waals surface area contributed by atoms with Gasteiger partial charge in [0.15, 0.2) is 0 Å². The van der Waals surface area contributed by atoms with Crippen molar-refractivity contribution in [2.75, 3.05) is 26.2 Å². The minimum absolute atomic E-state index is 0.0886. The quantitative estimate of drug-likeness (QED) is 0.626. The van der Waals surface area contributed by atoms with E-state index in [1.165, 1.54) is 28.6 Å². The van der Waals surface area contributed by atoms with Crippen LogP contribution in [0.3, 0.4) is 0 Å². The predicted molar refractivity (Wildman–Crippen MR) is 82.6 cm³/mol. The largest absolute Gasteiger partial charge is 0.372 e. The Morgan fingerprint density at radius 3 is 2.22 bits per heavy atom. The highest BCUT2D eigenvalue weighted by molar-refractivity contribution is 7.89. The molecule has 126 valence electrons. The van der Waals surface area contributed by atoms with Crippen molar-refractivity contribution < 1.29 is 18.1 Å². The van der Waals surface area contributed by atoms with Crippen LogP contribution in [0.1, 0.15) is 12.8 Å². The van der Waals surface area contributed by atoms with Gasteiger partial charge in [-0.1, -0.05) is 0 Å². The first-order valence-electron chi connectivity index (χ1n) is 7.57. The molecule has 9 heteroatoms. The van der Waals surface area contributed by atoms with Crippen molar-refractivity contribution in [3.63, 3.8) is 0 Å². The van der Waals surface area contributed by atoms with E-state index in [1.54, 1.807) is 0 Å². The number of nitrogens with zero attached hydrogens (tertiary/aromatic N) is 2.